The van der Waals surface area contributed by atoms with Gasteiger partial charge in [0.25, 0.3) is 5.56 Å². The van der Waals surface area contributed by atoms with Crippen LogP contribution in [0.25, 0.3) is 0 Å². The summed E-state index contributed by atoms with van der Waals surface area (Å²) in [6.45, 7) is 2.29. The minimum atomic E-state index is -0.297. The Labute approximate surface area is 110 Å². The van der Waals surface area contributed by atoms with Gasteiger partial charge in [0, 0.05) is 6.20 Å². The number of nitriles is 2. The van der Waals surface area contributed by atoms with E-state index in [1.165, 1.54) is 10.6 Å². The molecule has 4 heteroatoms. The van der Waals surface area contributed by atoms with Gasteiger partial charge in [-0.2, -0.15) is 10.5 Å². The molecule has 2 aromatic rings. The Bertz CT molecular complexity index is 760. The Morgan fingerprint density at radius 2 is 2.00 bits per heavy atom. The number of aryl methyl sites for hydroxylation is 1. The minimum absolute atomic E-state index is 0.133. The van der Waals surface area contributed by atoms with Gasteiger partial charge in [-0.3, -0.25) is 4.79 Å². The summed E-state index contributed by atoms with van der Waals surface area (Å²) in [5.74, 6) is 0. The molecule has 0 aliphatic carbocycles. The molecule has 0 saturated carbocycles. The third kappa shape index (κ3) is 2.53. The summed E-state index contributed by atoms with van der Waals surface area (Å²) < 4.78 is 1.49. The molecule has 0 unspecified atom stereocenters. The second-order valence-corrected chi connectivity index (χ2v) is 4.22. The molecular weight excluding hydrogens is 238 g/mol. The van der Waals surface area contributed by atoms with Crippen LogP contribution in [0.1, 0.15) is 22.3 Å². The van der Waals surface area contributed by atoms with Crippen molar-refractivity contribution >= 4 is 0 Å². The monoisotopic (exact) mass is 249 g/mol. The number of rotatable bonds is 2. The molecule has 1 aromatic heterocycles. The van der Waals surface area contributed by atoms with Gasteiger partial charge in [0.1, 0.15) is 11.6 Å². The van der Waals surface area contributed by atoms with Crippen molar-refractivity contribution < 1.29 is 0 Å². The van der Waals surface area contributed by atoms with Gasteiger partial charge in [-0.05, 0) is 42.3 Å². The maximum absolute atomic E-state index is 11.9. The van der Waals surface area contributed by atoms with Crippen LogP contribution in [0.3, 0.4) is 0 Å². The lowest BCUT2D eigenvalue weighted by Gasteiger charge is -2.09. The van der Waals surface area contributed by atoms with Gasteiger partial charge in [0.05, 0.1) is 18.2 Å². The van der Waals surface area contributed by atoms with Crippen LogP contribution >= 0.6 is 0 Å². The van der Waals surface area contributed by atoms with Crippen molar-refractivity contribution in [1.29, 1.82) is 10.5 Å². The molecule has 1 aromatic carbocycles. The Kier molecular flexibility index (Phi) is 3.45. The number of aromatic nitrogens is 1. The van der Waals surface area contributed by atoms with E-state index in [1.54, 1.807) is 24.4 Å². The van der Waals surface area contributed by atoms with Crippen molar-refractivity contribution in [3.8, 4) is 12.1 Å². The lowest BCUT2D eigenvalue weighted by molar-refractivity contribution is 0.752. The first-order chi connectivity index (χ1) is 9.15. The number of pyridine rings is 1. The third-order valence-corrected chi connectivity index (χ3v) is 2.95. The molecule has 4 nitrogen and oxygen atoms in total. The van der Waals surface area contributed by atoms with E-state index in [0.29, 0.717) is 12.1 Å². The number of benzene rings is 1. The average molecular weight is 249 g/mol. The third-order valence-electron chi connectivity index (χ3n) is 2.95. The van der Waals surface area contributed by atoms with Gasteiger partial charge in [-0.1, -0.05) is 6.07 Å². The fraction of sp³-hybridized carbons (Fsp3) is 0.133. The molecule has 0 N–H and O–H groups in total. The lowest BCUT2D eigenvalue weighted by Crippen LogP contribution is -2.22. The standard InChI is InChI=1S/C15H11N3O/c1-11-7-12(8-16)4-5-14(11)10-18-6-2-3-13(9-17)15(18)19/h2-7H,10H2,1H3. The van der Waals surface area contributed by atoms with Gasteiger partial charge in [-0.25, -0.2) is 0 Å². The van der Waals surface area contributed by atoms with Crippen molar-refractivity contribution in [2.75, 3.05) is 0 Å². The molecule has 2 rings (SSSR count). The maximum Gasteiger partial charge on any atom is 0.268 e. The second kappa shape index (κ2) is 5.20. The molecule has 92 valence electrons. The van der Waals surface area contributed by atoms with Gasteiger partial charge < -0.3 is 4.57 Å². The van der Waals surface area contributed by atoms with Crippen molar-refractivity contribution in [1.82, 2.24) is 4.57 Å². The smallest absolute Gasteiger partial charge is 0.268 e. The summed E-state index contributed by atoms with van der Waals surface area (Å²) in [5.41, 5.74) is 2.34. The number of hydrogen-bond acceptors (Lipinski definition) is 3. The van der Waals surface area contributed by atoms with Crippen molar-refractivity contribution in [2.45, 2.75) is 13.5 Å². The van der Waals surface area contributed by atoms with Gasteiger partial charge in [-0.15, -0.1) is 0 Å². The highest BCUT2D eigenvalue weighted by Gasteiger charge is 2.05. The fourth-order valence-electron chi connectivity index (χ4n) is 1.87. The molecule has 0 amide bonds. The van der Waals surface area contributed by atoms with Gasteiger partial charge in [0.15, 0.2) is 0 Å². The number of hydrogen-bond donors (Lipinski definition) is 0. The van der Waals surface area contributed by atoms with Crippen molar-refractivity contribution in [2.24, 2.45) is 0 Å². The van der Waals surface area contributed by atoms with Crippen LogP contribution in [-0.2, 0) is 6.54 Å². The van der Waals surface area contributed by atoms with E-state index in [-0.39, 0.29) is 11.1 Å². The summed E-state index contributed by atoms with van der Waals surface area (Å²) in [7, 11) is 0. The van der Waals surface area contributed by atoms with E-state index >= 15 is 0 Å². The summed E-state index contributed by atoms with van der Waals surface area (Å²) in [5, 5.41) is 17.6. The quantitative estimate of drug-likeness (QED) is 0.816. The molecule has 0 aliphatic heterocycles. The topological polar surface area (TPSA) is 69.6 Å². The minimum Gasteiger partial charge on any atom is -0.310 e. The first-order valence-corrected chi connectivity index (χ1v) is 5.75. The van der Waals surface area contributed by atoms with E-state index in [2.05, 4.69) is 6.07 Å². The lowest BCUT2D eigenvalue weighted by atomic mass is 10.1. The SMILES string of the molecule is Cc1cc(C#N)ccc1Cn1cccc(C#N)c1=O. The average Bonchev–Trinajstić information content (AvgIpc) is 2.43. The molecule has 0 fully saturated rings. The highest BCUT2D eigenvalue weighted by Crippen LogP contribution is 2.11. The van der Waals surface area contributed by atoms with Crippen LogP contribution in [0.2, 0.25) is 0 Å². The van der Waals surface area contributed by atoms with E-state index in [9.17, 15) is 4.79 Å². The second-order valence-electron chi connectivity index (χ2n) is 4.22. The van der Waals surface area contributed by atoms with Crippen LogP contribution in [0.4, 0.5) is 0 Å². The van der Waals surface area contributed by atoms with Gasteiger partial charge >= 0.3 is 0 Å². The van der Waals surface area contributed by atoms with E-state index in [1.807, 2.05) is 19.1 Å². The molecule has 0 atom stereocenters. The molecule has 19 heavy (non-hydrogen) atoms. The summed E-state index contributed by atoms with van der Waals surface area (Å²) in [4.78, 5) is 11.9. The predicted octanol–water partition coefficient (Wildman–Crippen LogP) is 1.95. The molecular formula is C15H11N3O. The van der Waals surface area contributed by atoms with Crippen LogP contribution in [0.5, 0.6) is 0 Å². The fourth-order valence-corrected chi connectivity index (χ4v) is 1.87. The maximum atomic E-state index is 11.9. The van der Waals surface area contributed by atoms with E-state index < -0.39 is 0 Å². The zero-order valence-corrected chi connectivity index (χ0v) is 10.4. The Morgan fingerprint density at radius 1 is 1.21 bits per heavy atom. The van der Waals surface area contributed by atoms with E-state index in [0.717, 1.165) is 11.1 Å². The molecule has 0 saturated heterocycles. The normalized spacial score (nSPS) is 9.63. The Hall–Kier alpha value is -2.85. The van der Waals surface area contributed by atoms with Crippen molar-refractivity contribution in [3.63, 3.8) is 0 Å². The zero-order chi connectivity index (χ0) is 13.8. The Morgan fingerprint density at radius 3 is 2.63 bits per heavy atom. The highest BCUT2D eigenvalue weighted by atomic mass is 16.1. The van der Waals surface area contributed by atoms with Crippen LogP contribution in [0, 0.1) is 29.6 Å². The summed E-state index contributed by atoms with van der Waals surface area (Å²) in [6, 6.07) is 12.5. The first-order valence-electron chi connectivity index (χ1n) is 5.75. The zero-order valence-electron chi connectivity index (χ0n) is 10.4. The van der Waals surface area contributed by atoms with Crippen LogP contribution in [-0.4, -0.2) is 4.57 Å². The molecule has 0 aliphatic rings. The van der Waals surface area contributed by atoms with Crippen LogP contribution in [0.15, 0.2) is 41.3 Å². The Balaban J connectivity index is 2.41. The molecule has 0 bridgehead atoms. The van der Waals surface area contributed by atoms with E-state index in [4.69, 9.17) is 10.5 Å². The molecule has 0 radical (unpaired) electrons. The molecule has 0 spiro atoms. The first kappa shape index (κ1) is 12.6. The summed E-state index contributed by atoms with van der Waals surface area (Å²) in [6.07, 6.45) is 1.65. The number of nitrogens with zero attached hydrogens (tertiary/aromatic N) is 3. The van der Waals surface area contributed by atoms with Crippen LogP contribution < -0.4 is 5.56 Å². The predicted molar refractivity (Wildman–Crippen MR) is 70.4 cm³/mol. The highest BCUT2D eigenvalue weighted by molar-refractivity contribution is 5.37. The van der Waals surface area contributed by atoms with Gasteiger partial charge in [0.2, 0.25) is 0 Å². The largest absolute Gasteiger partial charge is 0.310 e. The van der Waals surface area contributed by atoms with Crippen molar-refractivity contribution in [3.05, 3.63) is 69.1 Å². The molecule has 1 heterocycles. The summed E-state index contributed by atoms with van der Waals surface area (Å²) >= 11 is 0.